The van der Waals surface area contributed by atoms with Crippen molar-refractivity contribution in [3.63, 3.8) is 0 Å². The van der Waals surface area contributed by atoms with Crippen molar-refractivity contribution in [1.29, 1.82) is 0 Å². The summed E-state index contributed by atoms with van der Waals surface area (Å²) in [6, 6.07) is 5.68. The smallest absolute Gasteiger partial charge is 0.321 e. The molecule has 21 heavy (non-hydrogen) atoms. The van der Waals surface area contributed by atoms with E-state index in [0.717, 1.165) is 6.20 Å². The molecule has 0 fully saturated rings. The van der Waals surface area contributed by atoms with E-state index in [9.17, 15) is 18.0 Å². The van der Waals surface area contributed by atoms with Gasteiger partial charge < -0.3 is 5.32 Å². The Hall–Kier alpha value is -2.15. The van der Waals surface area contributed by atoms with E-state index >= 15 is 0 Å². The molecule has 0 aliphatic heterocycles. The number of nitrogens with zero attached hydrogens (tertiary/aromatic N) is 2. The summed E-state index contributed by atoms with van der Waals surface area (Å²) in [7, 11) is 0. The Bertz CT molecular complexity index is 689. The number of halogens is 4. The third-order valence-corrected chi connectivity index (χ3v) is 2.69. The van der Waals surface area contributed by atoms with Crippen LogP contribution in [0.2, 0.25) is 5.28 Å². The van der Waals surface area contributed by atoms with Gasteiger partial charge in [0.15, 0.2) is 5.82 Å². The van der Waals surface area contributed by atoms with Crippen LogP contribution in [0.4, 0.5) is 18.9 Å². The first-order valence-corrected chi connectivity index (χ1v) is 6.13. The van der Waals surface area contributed by atoms with Gasteiger partial charge in [0.1, 0.15) is 5.69 Å². The molecule has 0 unspecified atom stereocenters. The Balaban J connectivity index is 2.34. The Morgan fingerprint density at radius 2 is 2.10 bits per heavy atom. The second-order valence-corrected chi connectivity index (χ2v) is 4.60. The molecular weight excluding hydrogens is 307 g/mol. The van der Waals surface area contributed by atoms with Crippen LogP contribution in [0, 0.1) is 5.82 Å². The number of carbonyl (C=O) groups is 1. The van der Waals surface area contributed by atoms with Gasteiger partial charge in [-0.05, 0) is 23.7 Å². The van der Waals surface area contributed by atoms with Crippen molar-refractivity contribution >= 4 is 23.2 Å². The molecule has 1 aromatic heterocycles. The van der Waals surface area contributed by atoms with E-state index < -0.39 is 17.6 Å². The summed E-state index contributed by atoms with van der Waals surface area (Å²) in [6.07, 6.45) is 0.899. The third-order valence-electron chi connectivity index (χ3n) is 2.51. The van der Waals surface area contributed by atoms with E-state index in [1.807, 2.05) is 5.32 Å². The minimum atomic E-state index is -3.51. The number of anilines is 1. The quantitative estimate of drug-likeness (QED) is 0.882. The summed E-state index contributed by atoms with van der Waals surface area (Å²) in [6.45, 7) is 0.482. The summed E-state index contributed by atoms with van der Waals surface area (Å²) in [5.41, 5.74) is 0.275. The van der Waals surface area contributed by atoms with E-state index in [-0.39, 0.29) is 22.2 Å². The minimum absolute atomic E-state index is 0.0886. The van der Waals surface area contributed by atoms with Gasteiger partial charge >= 0.3 is 5.92 Å². The fourth-order valence-electron chi connectivity index (χ4n) is 1.53. The normalized spacial score (nSPS) is 11.3. The number of nitrogens with one attached hydrogen (secondary N) is 1. The van der Waals surface area contributed by atoms with Crippen LogP contribution in [-0.4, -0.2) is 21.8 Å². The lowest BCUT2D eigenvalue weighted by molar-refractivity contribution is -0.137. The number of hydrogen-bond donors (Lipinski definition) is 1. The van der Waals surface area contributed by atoms with Gasteiger partial charge in [0.25, 0.3) is 5.91 Å². The second-order valence-electron chi connectivity index (χ2n) is 4.26. The summed E-state index contributed by atoms with van der Waals surface area (Å²) < 4.78 is 39.3. The number of hydrogen-bond acceptors (Lipinski definition) is 3. The molecule has 110 valence electrons. The van der Waals surface area contributed by atoms with Crippen LogP contribution in [0.25, 0.3) is 11.3 Å². The van der Waals surface area contributed by atoms with Gasteiger partial charge in [-0.2, -0.15) is 8.78 Å². The lowest BCUT2D eigenvalue weighted by Gasteiger charge is -2.11. The van der Waals surface area contributed by atoms with Gasteiger partial charge in [0.2, 0.25) is 5.28 Å². The van der Waals surface area contributed by atoms with Crippen molar-refractivity contribution in [1.82, 2.24) is 9.97 Å². The van der Waals surface area contributed by atoms with Crippen LogP contribution in [0.5, 0.6) is 0 Å². The topological polar surface area (TPSA) is 54.9 Å². The Kier molecular flexibility index (Phi) is 4.13. The van der Waals surface area contributed by atoms with Gasteiger partial charge in [-0.25, -0.2) is 14.4 Å². The van der Waals surface area contributed by atoms with Crippen molar-refractivity contribution in [3.05, 3.63) is 41.6 Å². The molecule has 0 aliphatic rings. The van der Waals surface area contributed by atoms with Gasteiger partial charge in [0.05, 0.1) is 6.20 Å². The standard InChI is InChI=1S/C13H9ClF3N3O/c1-13(16,17)11(21)19-8-4-2-3-7(5-8)10-9(15)6-18-12(14)20-10/h2-6H,1H3,(H,19,21). The highest BCUT2D eigenvalue weighted by Gasteiger charge is 2.32. The highest BCUT2D eigenvalue weighted by molar-refractivity contribution is 6.28. The Labute approximate surface area is 123 Å². The molecule has 1 heterocycles. The van der Waals surface area contributed by atoms with E-state index in [2.05, 4.69) is 9.97 Å². The average Bonchev–Trinajstić information content (AvgIpc) is 2.41. The first-order valence-electron chi connectivity index (χ1n) is 5.75. The molecule has 2 rings (SSSR count). The summed E-state index contributed by atoms with van der Waals surface area (Å²) >= 11 is 5.59. The molecule has 0 atom stereocenters. The highest BCUT2D eigenvalue weighted by Crippen LogP contribution is 2.25. The lowest BCUT2D eigenvalue weighted by atomic mass is 10.1. The van der Waals surface area contributed by atoms with E-state index in [4.69, 9.17) is 11.6 Å². The van der Waals surface area contributed by atoms with Crippen LogP contribution < -0.4 is 5.32 Å². The Morgan fingerprint density at radius 1 is 1.38 bits per heavy atom. The first kappa shape index (κ1) is 15.2. The SMILES string of the molecule is CC(F)(F)C(=O)Nc1cccc(-c2nc(Cl)ncc2F)c1. The molecule has 0 radical (unpaired) electrons. The van der Waals surface area contributed by atoms with E-state index in [1.165, 1.54) is 24.3 Å². The number of alkyl halides is 2. The third kappa shape index (κ3) is 3.69. The van der Waals surface area contributed by atoms with Crippen LogP contribution >= 0.6 is 11.6 Å². The van der Waals surface area contributed by atoms with Crippen molar-refractivity contribution in [2.75, 3.05) is 5.32 Å². The van der Waals surface area contributed by atoms with E-state index in [1.54, 1.807) is 0 Å². The summed E-state index contributed by atoms with van der Waals surface area (Å²) in [5.74, 6) is -5.69. The maximum atomic E-state index is 13.6. The predicted molar refractivity (Wildman–Crippen MR) is 71.7 cm³/mol. The maximum absolute atomic E-state index is 13.6. The van der Waals surface area contributed by atoms with Gasteiger partial charge in [-0.15, -0.1) is 0 Å². The zero-order valence-electron chi connectivity index (χ0n) is 10.7. The number of benzene rings is 1. The van der Waals surface area contributed by atoms with Crippen LogP contribution in [-0.2, 0) is 4.79 Å². The Morgan fingerprint density at radius 3 is 2.76 bits per heavy atom. The van der Waals surface area contributed by atoms with Gasteiger partial charge in [-0.1, -0.05) is 12.1 Å². The fraction of sp³-hybridized carbons (Fsp3) is 0.154. The predicted octanol–water partition coefficient (Wildman–Crippen LogP) is 3.53. The van der Waals surface area contributed by atoms with E-state index in [0.29, 0.717) is 6.92 Å². The minimum Gasteiger partial charge on any atom is -0.321 e. The zero-order chi connectivity index (χ0) is 15.6. The molecule has 0 aliphatic carbocycles. The van der Waals surface area contributed by atoms with Crippen LogP contribution in [0.1, 0.15) is 6.92 Å². The van der Waals surface area contributed by atoms with Gasteiger partial charge in [-0.3, -0.25) is 4.79 Å². The maximum Gasteiger partial charge on any atom is 0.322 e. The van der Waals surface area contributed by atoms with Crippen LogP contribution in [0.15, 0.2) is 30.5 Å². The number of amides is 1. The summed E-state index contributed by atoms with van der Waals surface area (Å²) in [4.78, 5) is 18.4. The monoisotopic (exact) mass is 315 g/mol. The number of aromatic nitrogens is 2. The van der Waals surface area contributed by atoms with Crippen LogP contribution in [0.3, 0.4) is 0 Å². The molecule has 1 aromatic carbocycles. The molecule has 0 spiro atoms. The molecule has 0 saturated carbocycles. The summed E-state index contributed by atoms with van der Waals surface area (Å²) in [5, 5.41) is 1.89. The second kappa shape index (κ2) is 5.69. The zero-order valence-corrected chi connectivity index (χ0v) is 11.5. The lowest BCUT2D eigenvalue weighted by Crippen LogP contribution is -2.31. The fourth-order valence-corrected chi connectivity index (χ4v) is 1.67. The average molecular weight is 316 g/mol. The van der Waals surface area contributed by atoms with Gasteiger partial charge in [0, 0.05) is 18.2 Å². The molecule has 2 aromatic rings. The molecule has 1 N–H and O–H groups in total. The molecular formula is C13H9ClF3N3O. The van der Waals surface area contributed by atoms with Crippen molar-refractivity contribution in [2.45, 2.75) is 12.8 Å². The van der Waals surface area contributed by atoms with Crippen molar-refractivity contribution < 1.29 is 18.0 Å². The molecule has 0 bridgehead atoms. The molecule has 8 heteroatoms. The largest absolute Gasteiger partial charge is 0.322 e. The molecule has 0 saturated heterocycles. The number of carbonyl (C=O) groups excluding carboxylic acids is 1. The molecule has 4 nitrogen and oxygen atoms in total. The first-order chi connectivity index (χ1) is 9.77. The van der Waals surface area contributed by atoms with Crippen molar-refractivity contribution in [3.8, 4) is 11.3 Å². The molecule has 1 amide bonds. The number of rotatable bonds is 3. The van der Waals surface area contributed by atoms with Crippen molar-refractivity contribution in [2.24, 2.45) is 0 Å². The highest BCUT2D eigenvalue weighted by atomic mass is 35.5.